The summed E-state index contributed by atoms with van der Waals surface area (Å²) in [6, 6.07) is 8.80. The lowest BCUT2D eigenvalue weighted by Gasteiger charge is -2.23. The van der Waals surface area contributed by atoms with Gasteiger partial charge in [0.05, 0.1) is 23.8 Å². The Labute approximate surface area is 130 Å². The van der Waals surface area contributed by atoms with Crippen LogP contribution in [0.4, 0.5) is 0 Å². The van der Waals surface area contributed by atoms with Gasteiger partial charge in [0.25, 0.3) is 0 Å². The average Bonchev–Trinajstić information content (AvgIpc) is 3.21. The monoisotopic (exact) mass is 295 g/mol. The first-order valence-corrected chi connectivity index (χ1v) is 7.85. The van der Waals surface area contributed by atoms with E-state index in [1.54, 1.807) is 0 Å². The van der Waals surface area contributed by atoms with Gasteiger partial charge < -0.3 is 4.57 Å². The third kappa shape index (κ3) is 2.22. The smallest absolute Gasteiger partial charge is 0.123 e. The topological polar surface area (TPSA) is 38.9 Å². The van der Waals surface area contributed by atoms with Crippen molar-refractivity contribution in [3.8, 4) is 0 Å². The number of likely N-dealkylation sites (tertiary alicyclic amines) is 1. The third-order valence-corrected chi connectivity index (χ3v) is 4.70. The highest BCUT2D eigenvalue weighted by Gasteiger charge is 2.28. The molecule has 0 amide bonds. The Hall–Kier alpha value is -2.14. The van der Waals surface area contributed by atoms with Crippen LogP contribution in [0.15, 0.2) is 36.7 Å². The SMILES string of the molecule is Cn1cc(C2CCCN2Cc2nc3ccccc3n2C)cn1. The number of para-hydroxylation sites is 2. The quantitative estimate of drug-likeness (QED) is 0.745. The standard InChI is InChI=1S/C17H21N5/c1-20-11-13(10-18-20)15-8-5-9-22(15)12-17-19-14-6-3-4-7-16(14)21(17)2/h3-4,6-7,10-11,15H,5,8-9,12H2,1-2H3. The van der Waals surface area contributed by atoms with Crippen LogP contribution in [0.3, 0.4) is 0 Å². The molecule has 5 heteroatoms. The number of aryl methyl sites for hydroxylation is 2. The van der Waals surface area contributed by atoms with Crippen LogP contribution >= 0.6 is 0 Å². The molecule has 0 aliphatic carbocycles. The van der Waals surface area contributed by atoms with E-state index in [2.05, 4.69) is 46.0 Å². The van der Waals surface area contributed by atoms with Crippen molar-refractivity contribution in [3.05, 3.63) is 48.0 Å². The van der Waals surface area contributed by atoms with Gasteiger partial charge in [0.1, 0.15) is 5.82 Å². The first kappa shape index (κ1) is 13.5. The Kier molecular flexibility index (Phi) is 3.22. The van der Waals surface area contributed by atoms with E-state index >= 15 is 0 Å². The lowest BCUT2D eigenvalue weighted by Crippen LogP contribution is -2.24. The maximum absolute atomic E-state index is 4.81. The van der Waals surface area contributed by atoms with Gasteiger partial charge in [-0.3, -0.25) is 9.58 Å². The number of hydrogen-bond donors (Lipinski definition) is 0. The predicted octanol–water partition coefficient (Wildman–Crippen LogP) is 2.64. The zero-order valence-corrected chi connectivity index (χ0v) is 13.1. The second kappa shape index (κ2) is 5.25. The molecule has 3 aromatic rings. The van der Waals surface area contributed by atoms with Gasteiger partial charge >= 0.3 is 0 Å². The number of aromatic nitrogens is 4. The summed E-state index contributed by atoms with van der Waals surface area (Å²) < 4.78 is 4.11. The number of nitrogens with zero attached hydrogens (tertiary/aromatic N) is 5. The molecule has 0 saturated carbocycles. The molecule has 1 atom stereocenters. The van der Waals surface area contributed by atoms with Crippen molar-refractivity contribution in [2.24, 2.45) is 14.1 Å². The molecule has 2 aromatic heterocycles. The molecule has 4 rings (SSSR count). The second-order valence-electron chi connectivity index (χ2n) is 6.15. The van der Waals surface area contributed by atoms with Gasteiger partial charge in [0.2, 0.25) is 0 Å². The Morgan fingerprint density at radius 3 is 2.86 bits per heavy atom. The first-order valence-electron chi connectivity index (χ1n) is 7.85. The summed E-state index contributed by atoms with van der Waals surface area (Å²) in [7, 11) is 4.09. The molecule has 1 saturated heterocycles. The number of hydrogen-bond acceptors (Lipinski definition) is 3. The predicted molar refractivity (Wildman–Crippen MR) is 86.3 cm³/mol. The maximum Gasteiger partial charge on any atom is 0.123 e. The van der Waals surface area contributed by atoms with Crippen LogP contribution in [0.5, 0.6) is 0 Å². The molecular weight excluding hydrogens is 274 g/mol. The van der Waals surface area contributed by atoms with Crippen LogP contribution in [0.2, 0.25) is 0 Å². The van der Waals surface area contributed by atoms with E-state index in [0.717, 1.165) is 24.4 Å². The second-order valence-corrected chi connectivity index (χ2v) is 6.15. The van der Waals surface area contributed by atoms with E-state index in [0.29, 0.717) is 6.04 Å². The third-order valence-electron chi connectivity index (χ3n) is 4.70. The molecule has 0 radical (unpaired) electrons. The molecule has 1 fully saturated rings. The van der Waals surface area contributed by atoms with Crippen LogP contribution in [0.25, 0.3) is 11.0 Å². The summed E-state index contributed by atoms with van der Waals surface area (Å²) in [6.45, 7) is 2.02. The highest BCUT2D eigenvalue weighted by molar-refractivity contribution is 5.75. The van der Waals surface area contributed by atoms with Crippen molar-refractivity contribution >= 4 is 11.0 Å². The van der Waals surface area contributed by atoms with E-state index < -0.39 is 0 Å². The van der Waals surface area contributed by atoms with Gasteiger partial charge in [0, 0.05) is 31.9 Å². The lowest BCUT2D eigenvalue weighted by atomic mass is 10.1. The van der Waals surface area contributed by atoms with E-state index in [1.165, 1.54) is 23.9 Å². The van der Waals surface area contributed by atoms with Crippen LogP contribution in [-0.4, -0.2) is 30.8 Å². The summed E-state index contributed by atoms with van der Waals surface area (Å²) >= 11 is 0. The van der Waals surface area contributed by atoms with Gasteiger partial charge in [-0.05, 0) is 31.5 Å². The fourth-order valence-corrected chi connectivity index (χ4v) is 3.52. The zero-order chi connectivity index (χ0) is 15.1. The fraction of sp³-hybridized carbons (Fsp3) is 0.412. The molecule has 0 spiro atoms. The minimum atomic E-state index is 0.466. The highest BCUT2D eigenvalue weighted by Crippen LogP contribution is 2.33. The van der Waals surface area contributed by atoms with Crippen molar-refractivity contribution in [1.29, 1.82) is 0 Å². The van der Waals surface area contributed by atoms with Crippen molar-refractivity contribution in [2.75, 3.05) is 6.54 Å². The molecule has 5 nitrogen and oxygen atoms in total. The summed E-state index contributed by atoms with van der Waals surface area (Å²) in [5.41, 5.74) is 3.60. The van der Waals surface area contributed by atoms with E-state index in [1.807, 2.05) is 24.0 Å². The summed E-state index contributed by atoms with van der Waals surface area (Å²) in [5.74, 6) is 1.14. The fourth-order valence-electron chi connectivity index (χ4n) is 3.52. The summed E-state index contributed by atoms with van der Waals surface area (Å²) in [6.07, 6.45) is 6.58. The summed E-state index contributed by atoms with van der Waals surface area (Å²) in [5, 5.41) is 4.32. The number of imidazole rings is 1. The molecule has 114 valence electrons. The van der Waals surface area contributed by atoms with Gasteiger partial charge in [0.15, 0.2) is 0 Å². The molecule has 1 aliphatic heterocycles. The van der Waals surface area contributed by atoms with Crippen molar-refractivity contribution in [1.82, 2.24) is 24.2 Å². The van der Waals surface area contributed by atoms with E-state index in [4.69, 9.17) is 4.98 Å². The Bertz CT molecular complexity index is 800. The molecule has 3 heterocycles. The van der Waals surface area contributed by atoms with Crippen LogP contribution in [0.1, 0.15) is 30.3 Å². The van der Waals surface area contributed by atoms with Crippen molar-refractivity contribution in [3.63, 3.8) is 0 Å². The van der Waals surface area contributed by atoms with E-state index in [-0.39, 0.29) is 0 Å². The Morgan fingerprint density at radius 2 is 2.09 bits per heavy atom. The minimum absolute atomic E-state index is 0.466. The molecular formula is C17H21N5. The molecule has 0 N–H and O–H groups in total. The van der Waals surface area contributed by atoms with E-state index in [9.17, 15) is 0 Å². The minimum Gasteiger partial charge on any atom is -0.330 e. The summed E-state index contributed by atoms with van der Waals surface area (Å²) in [4.78, 5) is 7.34. The van der Waals surface area contributed by atoms with Gasteiger partial charge in [-0.15, -0.1) is 0 Å². The largest absolute Gasteiger partial charge is 0.330 e. The zero-order valence-electron chi connectivity index (χ0n) is 13.1. The van der Waals surface area contributed by atoms with Crippen LogP contribution in [-0.2, 0) is 20.6 Å². The number of benzene rings is 1. The highest BCUT2D eigenvalue weighted by atomic mass is 15.3. The molecule has 1 aromatic carbocycles. The molecule has 1 unspecified atom stereocenters. The van der Waals surface area contributed by atoms with Crippen LogP contribution < -0.4 is 0 Å². The maximum atomic E-state index is 4.81. The first-order chi connectivity index (χ1) is 10.7. The van der Waals surface area contributed by atoms with Crippen LogP contribution in [0, 0.1) is 0 Å². The van der Waals surface area contributed by atoms with Gasteiger partial charge in [-0.1, -0.05) is 12.1 Å². The van der Waals surface area contributed by atoms with Gasteiger partial charge in [-0.25, -0.2) is 4.98 Å². The van der Waals surface area contributed by atoms with Gasteiger partial charge in [-0.2, -0.15) is 5.10 Å². The average molecular weight is 295 g/mol. The number of fused-ring (bicyclic) bond motifs is 1. The molecule has 22 heavy (non-hydrogen) atoms. The lowest BCUT2D eigenvalue weighted by molar-refractivity contribution is 0.240. The van der Waals surface area contributed by atoms with Crippen molar-refractivity contribution < 1.29 is 0 Å². The Balaban J connectivity index is 1.62. The Morgan fingerprint density at radius 1 is 1.23 bits per heavy atom. The normalized spacial score (nSPS) is 19.3. The van der Waals surface area contributed by atoms with Crippen molar-refractivity contribution in [2.45, 2.75) is 25.4 Å². The molecule has 1 aliphatic rings. The number of rotatable bonds is 3. The molecule has 0 bridgehead atoms.